The van der Waals surface area contributed by atoms with Gasteiger partial charge in [0.15, 0.2) is 0 Å². The smallest absolute Gasteiger partial charge is 0.137 e. The van der Waals surface area contributed by atoms with Gasteiger partial charge in [-0.05, 0) is 19.1 Å². The van der Waals surface area contributed by atoms with Crippen molar-refractivity contribution < 1.29 is 0 Å². The van der Waals surface area contributed by atoms with Gasteiger partial charge in [-0.3, -0.25) is 0 Å². The molecule has 1 N–H and O–H groups in total. The minimum absolute atomic E-state index is 0.420. The number of halogens is 2. The second-order valence-electron chi connectivity index (χ2n) is 3.30. The number of rotatable bonds is 2. The van der Waals surface area contributed by atoms with Crippen LogP contribution in [0.1, 0.15) is 11.4 Å². The number of imidazole rings is 1. The molecule has 0 fully saturated rings. The normalized spacial score (nSPS) is 10.6. The first kappa shape index (κ1) is 10.5. The van der Waals surface area contributed by atoms with E-state index in [4.69, 9.17) is 23.2 Å². The molecule has 0 aliphatic rings. The molecule has 78 valence electrons. The van der Waals surface area contributed by atoms with Gasteiger partial charge in [-0.15, -0.1) is 11.6 Å². The standard InChI is InChI=1S/C11H10Cl2N2/c1-7-10(6-12)15-11(14-7)8-3-2-4-9(13)5-8/h2-5H,6H2,1H3,(H,14,15). The molecule has 0 amide bonds. The Morgan fingerprint density at radius 2 is 2.20 bits per heavy atom. The molecule has 15 heavy (non-hydrogen) atoms. The Balaban J connectivity index is 2.45. The van der Waals surface area contributed by atoms with Crippen molar-refractivity contribution in [2.45, 2.75) is 12.8 Å². The third-order valence-corrected chi connectivity index (χ3v) is 2.70. The molecule has 0 spiro atoms. The van der Waals surface area contributed by atoms with Gasteiger partial charge in [0.1, 0.15) is 5.82 Å². The van der Waals surface area contributed by atoms with Gasteiger partial charge in [-0.1, -0.05) is 23.7 Å². The van der Waals surface area contributed by atoms with Gasteiger partial charge in [0.2, 0.25) is 0 Å². The van der Waals surface area contributed by atoms with Crippen LogP contribution in [0, 0.1) is 6.92 Å². The lowest BCUT2D eigenvalue weighted by Crippen LogP contribution is -1.81. The largest absolute Gasteiger partial charge is 0.342 e. The van der Waals surface area contributed by atoms with E-state index in [1.807, 2.05) is 31.2 Å². The van der Waals surface area contributed by atoms with Crippen LogP contribution in [0.5, 0.6) is 0 Å². The van der Waals surface area contributed by atoms with E-state index >= 15 is 0 Å². The molecule has 2 aromatic rings. The number of aromatic nitrogens is 2. The van der Waals surface area contributed by atoms with Crippen LogP contribution in [0.25, 0.3) is 11.4 Å². The van der Waals surface area contributed by atoms with Gasteiger partial charge in [0.25, 0.3) is 0 Å². The summed E-state index contributed by atoms with van der Waals surface area (Å²) < 4.78 is 0. The van der Waals surface area contributed by atoms with Crippen LogP contribution in [0.3, 0.4) is 0 Å². The Kier molecular flexibility index (Phi) is 2.98. The molecule has 1 heterocycles. The summed E-state index contributed by atoms with van der Waals surface area (Å²) in [6.45, 7) is 1.96. The zero-order valence-corrected chi connectivity index (χ0v) is 9.73. The van der Waals surface area contributed by atoms with Gasteiger partial charge in [-0.2, -0.15) is 0 Å². The zero-order valence-electron chi connectivity index (χ0n) is 8.22. The number of aromatic amines is 1. The van der Waals surface area contributed by atoms with Crippen molar-refractivity contribution in [1.29, 1.82) is 0 Å². The molecule has 0 radical (unpaired) electrons. The van der Waals surface area contributed by atoms with Crippen molar-refractivity contribution in [3.05, 3.63) is 40.7 Å². The highest BCUT2D eigenvalue weighted by atomic mass is 35.5. The molecule has 0 aliphatic carbocycles. The van der Waals surface area contributed by atoms with Crippen molar-refractivity contribution in [2.24, 2.45) is 0 Å². The van der Waals surface area contributed by atoms with E-state index in [1.165, 1.54) is 0 Å². The lowest BCUT2D eigenvalue weighted by Gasteiger charge is -1.96. The first-order valence-corrected chi connectivity index (χ1v) is 5.49. The molecule has 0 saturated carbocycles. The predicted octanol–water partition coefficient (Wildman–Crippen LogP) is 3.78. The summed E-state index contributed by atoms with van der Waals surface area (Å²) >= 11 is 11.7. The molecule has 0 atom stereocenters. The van der Waals surface area contributed by atoms with E-state index in [-0.39, 0.29) is 0 Å². The molecule has 4 heteroatoms. The average molecular weight is 241 g/mol. The average Bonchev–Trinajstić information content (AvgIpc) is 2.60. The fraction of sp³-hybridized carbons (Fsp3) is 0.182. The maximum atomic E-state index is 5.91. The molecule has 2 nitrogen and oxygen atoms in total. The first-order valence-electron chi connectivity index (χ1n) is 4.58. The van der Waals surface area contributed by atoms with Crippen LogP contribution in [-0.4, -0.2) is 9.97 Å². The highest BCUT2D eigenvalue weighted by Crippen LogP contribution is 2.21. The second kappa shape index (κ2) is 4.25. The van der Waals surface area contributed by atoms with E-state index in [0.29, 0.717) is 10.9 Å². The molecule has 2 rings (SSSR count). The number of hydrogen-bond acceptors (Lipinski definition) is 1. The maximum absolute atomic E-state index is 5.91. The molecule has 0 aliphatic heterocycles. The van der Waals surface area contributed by atoms with Crippen molar-refractivity contribution in [3.63, 3.8) is 0 Å². The van der Waals surface area contributed by atoms with Crippen LogP contribution in [0.15, 0.2) is 24.3 Å². The fourth-order valence-corrected chi connectivity index (χ4v) is 1.85. The Morgan fingerprint density at radius 3 is 2.80 bits per heavy atom. The van der Waals surface area contributed by atoms with Crippen LogP contribution < -0.4 is 0 Å². The van der Waals surface area contributed by atoms with Crippen LogP contribution in [0.4, 0.5) is 0 Å². The highest BCUT2D eigenvalue weighted by Gasteiger charge is 2.07. The lowest BCUT2D eigenvalue weighted by molar-refractivity contribution is 1.18. The predicted molar refractivity (Wildman–Crippen MR) is 63.3 cm³/mol. The van der Waals surface area contributed by atoms with Crippen molar-refractivity contribution in [2.75, 3.05) is 0 Å². The van der Waals surface area contributed by atoms with Crippen LogP contribution in [0.2, 0.25) is 5.02 Å². The third-order valence-electron chi connectivity index (χ3n) is 2.21. The van der Waals surface area contributed by atoms with Crippen LogP contribution in [-0.2, 0) is 5.88 Å². The second-order valence-corrected chi connectivity index (χ2v) is 4.00. The number of H-pyrrole nitrogens is 1. The number of benzene rings is 1. The Hall–Kier alpha value is -0.990. The molecule has 0 unspecified atom stereocenters. The lowest BCUT2D eigenvalue weighted by atomic mass is 10.2. The molecular formula is C11H10Cl2N2. The van der Waals surface area contributed by atoms with E-state index in [2.05, 4.69) is 9.97 Å². The third kappa shape index (κ3) is 2.16. The minimum Gasteiger partial charge on any atom is -0.342 e. The number of aryl methyl sites for hydroxylation is 1. The zero-order chi connectivity index (χ0) is 10.8. The maximum Gasteiger partial charge on any atom is 0.137 e. The van der Waals surface area contributed by atoms with Gasteiger partial charge in [-0.25, -0.2) is 4.98 Å². The van der Waals surface area contributed by atoms with Gasteiger partial charge in [0.05, 0.1) is 11.6 Å². The SMILES string of the molecule is Cc1[nH]c(-c2cccc(Cl)c2)nc1CCl. The summed E-state index contributed by atoms with van der Waals surface area (Å²) in [5, 5.41) is 0.703. The molecule has 1 aromatic carbocycles. The summed E-state index contributed by atoms with van der Waals surface area (Å²) in [5.74, 6) is 1.23. The highest BCUT2D eigenvalue weighted by molar-refractivity contribution is 6.30. The van der Waals surface area contributed by atoms with E-state index < -0.39 is 0 Å². The topological polar surface area (TPSA) is 28.7 Å². The van der Waals surface area contributed by atoms with Gasteiger partial charge >= 0.3 is 0 Å². The first-order chi connectivity index (χ1) is 7.20. The number of nitrogens with one attached hydrogen (secondary N) is 1. The molecule has 0 saturated heterocycles. The minimum atomic E-state index is 0.420. The Morgan fingerprint density at radius 1 is 1.40 bits per heavy atom. The van der Waals surface area contributed by atoms with Gasteiger partial charge in [0, 0.05) is 16.3 Å². The number of alkyl halides is 1. The van der Waals surface area contributed by atoms with Crippen molar-refractivity contribution in [3.8, 4) is 11.4 Å². The fourth-order valence-electron chi connectivity index (χ4n) is 1.40. The van der Waals surface area contributed by atoms with E-state index in [0.717, 1.165) is 22.8 Å². The molecule has 0 bridgehead atoms. The van der Waals surface area contributed by atoms with Crippen molar-refractivity contribution in [1.82, 2.24) is 9.97 Å². The number of hydrogen-bond donors (Lipinski definition) is 1. The summed E-state index contributed by atoms with van der Waals surface area (Å²) in [6, 6.07) is 7.57. The molecule has 1 aromatic heterocycles. The summed E-state index contributed by atoms with van der Waals surface area (Å²) in [7, 11) is 0. The number of nitrogens with zero attached hydrogens (tertiary/aromatic N) is 1. The molecular weight excluding hydrogens is 231 g/mol. The Bertz CT molecular complexity index is 477. The van der Waals surface area contributed by atoms with Crippen LogP contribution >= 0.6 is 23.2 Å². The summed E-state index contributed by atoms with van der Waals surface area (Å²) in [6.07, 6.45) is 0. The van der Waals surface area contributed by atoms with Crippen molar-refractivity contribution >= 4 is 23.2 Å². The van der Waals surface area contributed by atoms with E-state index in [9.17, 15) is 0 Å². The Labute approximate surface area is 98.3 Å². The summed E-state index contributed by atoms with van der Waals surface area (Å²) in [5.41, 5.74) is 2.86. The monoisotopic (exact) mass is 240 g/mol. The quantitative estimate of drug-likeness (QED) is 0.796. The van der Waals surface area contributed by atoms with Gasteiger partial charge < -0.3 is 4.98 Å². The summed E-state index contributed by atoms with van der Waals surface area (Å²) in [4.78, 5) is 7.58. The van der Waals surface area contributed by atoms with E-state index in [1.54, 1.807) is 0 Å².